The molecule has 3 aliphatic rings. The van der Waals surface area contributed by atoms with Crippen molar-refractivity contribution in [2.75, 3.05) is 0 Å². The molecule has 2 heterocycles. The molecule has 5 unspecified atom stereocenters. The Morgan fingerprint density at radius 3 is 2.43 bits per heavy atom. The molecule has 0 spiro atoms. The lowest BCUT2D eigenvalue weighted by atomic mass is 9.50. The average molecular weight is 405 g/mol. The summed E-state index contributed by atoms with van der Waals surface area (Å²) in [5.74, 6) is -2.00. The maximum absolute atomic E-state index is 11.0. The van der Waals surface area contributed by atoms with Crippen molar-refractivity contribution in [3.8, 4) is 18.2 Å². The zero-order valence-electron chi connectivity index (χ0n) is 16.3. The Hall–Kier alpha value is -3.48. The van der Waals surface area contributed by atoms with Crippen LogP contribution in [0, 0.1) is 72.2 Å². The average Bonchev–Trinajstić information content (AvgIpc) is 2.97. The molecular formula is C21H19N5O4. The van der Waals surface area contributed by atoms with Gasteiger partial charge in [0.05, 0.1) is 29.0 Å². The molecule has 1 saturated carbocycles. The van der Waals surface area contributed by atoms with Crippen LogP contribution in [0.5, 0.6) is 0 Å². The van der Waals surface area contributed by atoms with Crippen molar-refractivity contribution in [3.05, 3.63) is 39.9 Å². The fourth-order valence-corrected chi connectivity index (χ4v) is 5.36. The third-order valence-corrected chi connectivity index (χ3v) is 7.00. The first-order valence-corrected chi connectivity index (χ1v) is 9.78. The molecular weight excluding hydrogens is 386 g/mol. The Morgan fingerprint density at radius 2 is 1.90 bits per heavy atom. The van der Waals surface area contributed by atoms with Crippen molar-refractivity contribution in [3.63, 3.8) is 0 Å². The van der Waals surface area contributed by atoms with Gasteiger partial charge in [-0.15, -0.1) is 0 Å². The van der Waals surface area contributed by atoms with Gasteiger partial charge in [0.25, 0.3) is 5.69 Å². The van der Waals surface area contributed by atoms with Gasteiger partial charge in [-0.1, -0.05) is 13.3 Å². The smallest absolute Gasteiger partial charge is 0.269 e. The Morgan fingerprint density at radius 1 is 1.23 bits per heavy atom. The first-order chi connectivity index (χ1) is 14.3. The molecule has 4 rings (SSSR count). The maximum Gasteiger partial charge on any atom is 0.269 e. The molecule has 9 nitrogen and oxygen atoms in total. The van der Waals surface area contributed by atoms with Crippen LogP contribution in [0.3, 0.4) is 0 Å². The van der Waals surface area contributed by atoms with Crippen LogP contribution in [0.1, 0.15) is 44.3 Å². The van der Waals surface area contributed by atoms with E-state index >= 15 is 0 Å². The number of nitro groups is 1. The lowest BCUT2D eigenvalue weighted by Gasteiger charge is -2.52. The maximum atomic E-state index is 11.0. The largest absolute Gasteiger partial charge is 0.447 e. The van der Waals surface area contributed by atoms with Gasteiger partial charge in [0.1, 0.15) is 6.10 Å². The minimum absolute atomic E-state index is 0.143. The van der Waals surface area contributed by atoms with Crippen molar-refractivity contribution >= 4 is 11.6 Å². The van der Waals surface area contributed by atoms with Crippen LogP contribution in [0.4, 0.5) is 5.69 Å². The molecule has 0 aromatic heterocycles. The van der Waals surface area contributed by atoms with Crippen LogP contribution in [-0.2, 0) is 9.47 Å². The van der Waals surface area contributed by atoms with E-state index in [1.165, 1.54) is 24.3 Å². The molecule has 0 amide bonds. The molecule has 30 heavy (non-hydrogen) atoms. The van der Waals surface area contributed by atoms with E-state index < -0.39 is 39.5 Å². The Balaban J connectivity index is 1.92. The van der Waals surface area contributed by atoms with Gasteiger partial charge in [-0.25, -0.2) is 0 Å². The second-order valence-corrected chi connectivity index (χ2v) is 8.14. The summed E-state index contributed by atoms with van der Waals surface area (Å²) in [4.78, 5) is 10.5. The van der Waals surface area contributed by atoms with Crippen molar-refractivity contribution < 1.29 is 14.4 Å². The van der Waals surface area contributed by atoms with Crippen LogP contribution < -0.4 is 0 Å². The minimum atomic E-state index is -2.03. The van der Waals surface area contributed by atoms with Crippen molar-refractivity contribution in [2.45, 2.75) is 44.5 Å². The minimum Gasteiger partial charge on any atom is -0.447 e. The quantitative estimate of drug-likeness (QED) is 0.592. The number of nitriles is 3. The van der Waals surface area contributed by atoms with E-state index in [1.54, 1.807) is 0 Å². The van der Waals surface area contributed by atoms with Gasteiger partial charge < -0.3 is 9.47 Å². The number of nitrogens with zero attached hydrogens (tertiary/aromatic N) is 4. The summed E-state index contributed by atoms with van der Waals surface area (Å²) in [6.45, 7) is 2.04. The fraction of sp³-hybridized carbons (Fsp3) is 0.524. The Labute approximate surface area is 173 Å². The number of benzene rings is 1. The number of nitro benzene ring substituents is 1. The number of nitrogens with one attached hydrogen (secondary N) is 1. The highest BCUT2D eigenvalue weighted by molar-refractivity contribution is 5.89. The third kappa shape index (κ3) is 2.20. The number of hydrogen-bond donors (Lipinski definition) is 1. The van der Waals surface area contributed by atoms with Crippen LogP contribution in [-0.4, -0.2) is 16.6 Å². The molecule has 2 saturated heterocycles. The summed E-state index contributed by atoms with van der Waals surface area (Å²) in [6, 6.07) is 11.5. The molecule has 152 valence electrons. The molecule has 2 bridgehead atoms. The topological polar surface area (TPSA) is 157 Å². The van der Waals surface area contributed by atoms with E-state index in [-0.39, 0.29) is 11.6 Å². The first-order valence-electron chi connectivity index (χ1n) is 9.78. The highest BCUT2D eigenvalue weighted by Crippen LogP contribution is 2.70. The van der Waals surface area contributed by atoms with Crippen molar-refractivity contribution in [2.24, 2.45) is 22.7 Å². The molecule has 2 aliphatic heterocycles. The Kier molecular flexibility index (Phi) is 4.31. The van der Waals surface area contributed by atoms with E-state index in [0.29, 0.717) is 18.4 Å². The Bertz CT molecular complexity index is 1040. The van der Waals surface area contributed by atoms with E-state index in [0.717, 1.165) is 12.8 Å². The summed E-state index contributed by atoms with van der Waals surface area (Å²) in [5.41, 5.74) is -3.60. The molecule has 1 N–H and O–H groups in total. The van der Waals surface area contributed by atoms with Crippen LogP contribution in [0.15, 0.2) is 24.3 Å². The van der Waals surface area contributed by atoms with Gasteiger partial charge in [0, 0.05) is 18.6 Å². The number of non-ortho nitro benzene ring substituents is 1. The lowest BCUT2D eigenvalue weighted by Crippen LogP contribution is -2.61. The van der Waals surface area contributed by atoms with Gasteiger partial charge in [0.2, 0.25) is 17.1 Å². The molecule has 0 radical (unpaired) electrons. The molecule has 9 heteroatoms. The predicted molar refractivity (Wildman–Crippen MR) is 101 cm³/mol. The predicted octanol–water partition coefficient (Wildman–Crippen LogP) is 3.74. The van der Waals surface area contributed by atoms with E-state index in [9.17, 15) is 25.9 Å². The highest BCUT2D eigenvalue weighted by atomic mass is 16.7. The van der Waals surface area contributed by atoms with E-state index in [1.807, 2.05) is 19.1 Å². The van der Waals surface area contributed by atoms with Crippen molar-refractivity contribution in [1.82, 2.24) is 0 Å². The number of rotatable bonds is 3. The zero-order chi connectivity index (χ0) is 21.7. The fourth-order valence-electron chi connectivity index (χ4n) is 5.36. The normalized spacial score (nSPS) is 35.8. The molecule has 3 fully saturated rings. The van der Waals surface area contributed by atoms with Crippen molar-refractivity contribution in [1.29, 1.82) is 21.2 Å². The van der Waals surface area contributed by atoms with Crippen LogP contribution in [0.2, 0.25) is 0 Å². The third-order valence-electron chi connectivity index (χ3n) is 7.00. The standard InChI is InChI=1S/C21H19N5O4/c1-2-13-7-8-21-16(9-13)20(12-24,18(25)30-21)19(10-22,11-23)17(29-21)14-3-5-15(6-4-14)26(27)28/h3-6,13,16-17,25H,2,7-9H2,1H3. The monoisotopic (exact) mass is 405 g/mol. The summed E-state index contributed by atoms with van der Waals surface area (Å²) in [6.07, 6.45) is 1.42. The van der Waals surface area contributed by atoms with Crippen LogP contribution in [0.25, 0.3) is 0 Å². The number of ether oxygens (including phenoxy) is 2. The SMILES string of the molecule is CCC1CCC23OC(=N)C(C#N)(C2C1)C(C#N)(C#N)C(c1ccc([N+](=O)[O-])cc1)O3. The van der Waals surface area contributed by atoms with Gasteiger partial charge >= 0.3 is 0 Å². The second-order valence-electron chi connectivity index (χ2n) is 8.14. The summed E-state index contributed by atoms with van der Waals surface area (Å²) in [5, 5.41) is 50.2. The molecule has 1 aromatic carbocycles. The summed E-state index contributed by atoms with van der Waals surface area (Å²) < 4.78 is 12.2. The van der Waals surface area contributed by atoms with Gasteiger partial charge in [-0.3, -0.25) is 15.5 Å². The van der Waals surface area contributed by atoms with Gasteiger partial charge in [-0.2, -0.15) is 15.8 Å². The second kappa shape index (κ2) is 6.52. The molecule has 1 aliphatic carbocycles. The lowest BCUT2D eigenvalue weighted by molar-refractivity contribution is -0.384. The summed E-state index contributed by atoms with van der Waals surface area (Å²) in [7, 11) is 0. The first kappa shape index (κ1) is 19.8. The summed E-state index contributed by atoms with van der Waals surface area (Å²) >= 11 is 0. The highest BCUT2D eigenvalue weighted by Gasteiger charge is 2.80. The zero-order valence-corrected chi connectivity index (χ0v) is 16.3. The van der Waals surface area contributed by atoms with E-state index in [4.69, 9.17) is 14.9 Å². The molecule has 5 atom stereocenters. The van der Waals surface area contributed by atoms with Gasteiger partial charge in [0.15, 0.2) is 5.41 Å². The number of hydrogen-bond acceptors (Lipinski definition) is 8. The van der Waals surface area contributed by atoms with Gasteiger partial charge in [-0.05, 0) is 36.5 Å². The molecule has 1 aromatic rings. The van der Waals surface area contributed by atoms with Crippen LogP contribution >= 0.6 is 0 Å². The van der Waals surface area contributed by atoms with E-state index in [2.05, 4.69) is 6.07 Å².